The minimum Gasteiger partial charge on any atom is -0.491 e. The molecular formula is C18H19N3O5. The smallest absolute Gasteiger partial charge is 0.269 e. The van der Waals surface area contributed by atoms with Crippen molar-refractivity contribution in [2.75, 3.05) is 0 Å². The summed E-state index contributed by atoms with van der Waals surface area (Å²) < 4.78 is 5.66. The molecule has 0 spiro atoms. The summed E-state index contributed by atoms with van der Waals surface area (Å²) in [5.41, 5.74) is 4.96. The number of nitro groups is 1. The summed E-state index contributed by atoms with van der Waals surface area (Å²) in [5, 5.41) is 10.6. The highest BCUT2D eigenvalue weighted by molar-refractivity contribution is 5.99. The maximum atomic E-state index is 12.2. The minimum absolute atomic E-state index is 0.0233. The number of carbonyl (C=O) groups excluding carboxylic acids is 2. The lowest BCUT2D eigenvalue weighted by molar-refractivity contribution is -0.384. The highest BCUT2D eigenvalue weighted by Gasteiger charge is 2.12. The van der Waals surface area contributed by atoms with E-state index in [9.17, 15) is 19.7 Å². The fourth-order valence-electron chi connectivity index (χ4n) is 2.02. The first-order valence-electron chi connectivity index (χ1n) is 8.02. The maximum Gasteiger partial charge on any atom is 0.269 e. The first-order valence-corrected chi connectivity index (χ1v) is 8.02. The molecule has 1 atom stereocenters. The van der Waals surface area contributed by atoms with Gasteiger partial charge in [0.1, 0.15) is 5.75 Å². The normalized spacial score (nSPS) is 11.3. The van der Waals surface area contributed by atoms with Crippen LogP contribution in [0, 0.1) is 10.1 Å². The number of carbonyl (C=O) groups is 2. The molecule has 8 heteroatoms. The van der Waals surface area contributed by atoms with Gasteiger partial charge < -0.3 is 4.74 Å². The van der Waals surface area contributed by atoms with E-state index in [-0.39, 0.29) is 17.4 Å². The van der Waals surface area contributed by atoms with Gasteiger partial charge in [-0.25, -0.2) is 0 Å². The average molecular weight is 357 g/mol. The Hall–Kier alpha value is -3.42. The second-order valence-corrected chi connectivity index (χ2v) is 5.58. The minimum atomic E-state index is -0.583. The predicted octanol–water partition coefficient (Wildman–Crippen LogP) is 2.85. The molecule has 2 amide bonds. The summed E-state index contributed by atoms with van der Waals surface area (Å²) >= 11 is 0. The molecule has 0 saturated heterocycles. The Morgan fingerprint density at radius 1 is 1.08 bits per heavy atom. The third-order valence-electron chi connectivity index (χ3n) is 3.64. The second kappa shape index (κ2) is 8.61. The number of rotatable bonds is 6. The summed E-state index contributed by atoms with van der Waals surface area (Å²) in [6.45, 7) is 3.92. The molecule has 0 aliphatic carbocycles. The first kappa shape index (κ1) is 18.9. The molecule has 0 aliphatic heterocycles. The van der Waals surface area contributed by atoms with Crippen LogP contribution in [0.25, 0.3) is 0 Å². The molecule has 0 fully saturated rings. The number of nitrogens with one attached hydrogen (secondary N) is 2. The van der Waals surface area contributed by atoms with E-state index < -0.39 is 16.7 Å². The summed E-state index contributed by atoms with van der Waals surface area (Å²) in [6, 6.07) is 11.7. The van der Waals surface area contributed by atoms with Gasteiger partial charge in [-0.3, -0.25) is 30.6 Å². The molecule has 2 rings (SSSR count). The molecule has 0 aliphatic rings. The van der Waals surface area contributed by atoms with Crippen molar-refractivity contribution in [3.05, 3.63) is 69.8 Å². The van der Waals surface area contributed by atoms with E-state index in [0.717, 1.165) is 6.42 Å². The number of nitrogens with zero attached hydrogens (tertiary/aromatic N) is 1. The molecule has 2 aromatic rings. The van der Waals surface area contributed by atoms with Crippen molar-refractivity contribution in [1.82, 2.24) is 10.9 Å². The fraction of sp³-hybridized carbons (Fsp3) is 0.222. The van der Waals surface area contributed by atoms with Crippen molar-refractivity contribution in [3.8, 4) is 5.75 Å². The van der Waals surface area contributed by atoms with Crippen LogP contribution in [0.2, 0.25) is 0 Å². The second-order valence-electron chi connectivity index (χ2n) is 5.58. The van der Waals surface area contributed by atoms with E-state index in [1.165, 1.54) is 24.3 Å². The van der Waals surface area contributed by atoms with E-state index in [2.05, 4.69) is 10.9 Å². The predicted molar refractivity (Wildman–Crippen MR) is 94.9 cm³/mol. The van der Waals surface area contributed by atoms with Crippen molar-refractivity contribution < 1.29 is 19.2 Å². The third kappa shape index (κ3) is 5.04. The largest absolute Gasteiger partial charge is 0.491 e. The van der Waals surface area contributed by atoms with E-state index in [1.807, 2.05) is 13.8 Å². The van der Waals surface area contributed by atoms with Crippen LogP contribution in [-0.2, 0) is 0 Å². The summed E-state index contributed by atoms with van der Waals surface area (Å²) in [4.78, 5) is 34.2. The van der Waals surface area contributed by atoms with E-state index in [0.29, 0.717) is 11.3 Å². The first-order chi connectivity index (χ1) is 12.4. The Bertz CT molecular complexity index is 805. The van der Waals surface area contributed by atoms with Gasteiger partial charge in [-0.2, -0.15) is 0 Å². The van der Waals surface area contributed by atoms with Crippen LogP contribution in [0.3, 0.4) is 0 Å². The van der Waals surface area contributed by atoms with Crippen LogP contribution < -0.4 is 15.6 Å². The van der Waals surface area contributed by atoms with E-state index >= 15 is 0 Å². The standard InChI is InChI=1S/C18H19N3O5/c1-3-12(2)26-16-6-4-5-14(11-16)18(23)20-19-17(22)13-7-9-15(10-8-13)21(24)25/h4-12H,3H2,1-2H3,(H,19,22)(H,20,23). The lowest BCUT2D eigenvalue weighted by Crippen LogP contribution is -2.41. The topological polar surface area (TPSA) is 111 Å². The maximum absolute atomic E-state index is 12.2. The third-order valence-corrected chi connectivity index (χ3v) is 3.64. The van der Waals surface area contributed by atoms with Gasteiger partial charge in [0.05, 0.1) is 11.0 Å². The zero-order valence-electron chi connectivity index (χ0n) is 14.4. The SMILES string of the molecule is CCC(C)Oc1cccc(C(=O)NNC(=O)c2ccc([N+](=O)[O-])cc2)c1. The van der Waals surface area contributed by atoms with Crippen LogP contribution in [0.15, 0.2) is 48.5 Å². The molecular weight excluding hydrogens is 338 g/mol. The Labute approximate surface area is 150 Å². The summed E-state index contributed by atoms with van der Waals surface area (Å²) in [5.74, 6) is -0.524. The highest BCUT2D eigenvalue weighted by atomic mass is 16.6. The molecule has 136 valence electrons. The fourth-order valence-corrected chi connectivity index (χ4v) is 2.02. The van der Waals surface area contributed by atoms with E-state index in [4.69, 9.17) is 4.74 Å². The molecule has 8 nitrogen and oxygen atoms in total. The summed E-state index contributed by atoms with van der Waals surface area (Å²) in [7, 11) is 0. The van der Waals surface area contributed by atoms with Gasteiger partial charge in [0.2, 0.25) is 0 Å². The van der Waals surface area contributed by atoms with Gasteiger partial charge in [-0.1, -0.05) is 13.0 Å². The molecule has 2 aromatic carbocycles. The highest BCUT2D eigenvalue weighted by Crippen LogP contribution is 2.16. The molecule has 1 unspecified atom stereocenters. The molecule has 26 heavy (non-hydrogen) atoms. The number of non-ortho nitro benzene ring substituents is 1. The number of amides is 2. The number of hydrogen-bond donors (Lipinski definition) is 2. The van der Waals surface area contributed by atoms with E-state index in [1.54, 1.807) is 24.3 Å². The van der Waals surface area contributed by atoms with Crippen molar-refractivity contribution in [1.29, 1.82) is 0 Å². The molecule has 0 radical (unpaired) electrons. The van der Waals surface area contributed by atoms with Crippen molar-refractivity contribution >= 4 is 17.5 Å². The van der Waals surface area contributed by atoms with Gasteiger partial charge in [-0.05, 0) is 43.7 Å². The molecule has 0 aromatic heterocycles. The Kier molecular flexibility index (Phi) is 6.26. The molecule has 0 saturated carbocycles. The van der Waals surface area contributed by atoms with Crippen LogP contribution in [-0.4, -0.2) is 22.8 Å². The number of benzene rings is 2. The zero-order chi connectivity index (χ0) is 19.1. The van der Waals surface area contributed by atoms with Gasteiger partial charge >= 0.3 is 0 Å². The quantitative estimate of drug-likeness (QED) is 0.610. The Balaban J connectivity index is 1.96. The van der Waals surface area contributed by atoms with Gasteiger partial charge in [0, 0.05) is 23.3 Å². The monoisotopic (exact) mass is 357 g/mol. The molecule has 0 bridgehead atoms. The Morgan fingerprint density at radius 2 is 1.69 bits per heavy atom. The number of hydrogen-bond acceptors (Lipinski definition) is 5. The van der Waals surface area contributed by atoms with Crippen LogP contribution in [0.5, 0.6) is 5.75 Å². The number of hydrazine groups is 1. The molecule has 0 heterocycles. The van der Waals surface area contributed by atoms with Crippen LogP contribution in [0.4, 0.5) is 5.69 Å². The molecule has 2 N–H and O–H groups in total. The number of ether oxygens (including phenoxy) is 1. The number of nitro benzene ring substituents is 1. The van der Waals surface area contributed by atoms with Crippen molar-refractivity contribution in [2.45, 2.75) is 26.4 Å². The van der Waals surface area contributed by atoms with Gasteiger partial charge in [-0.15, -0.1) is 0 Å². The zero-order valence-corrected chi connectivity index (χ0v) is 14.4. The van der Waals surface area contributed by atoms with Gasteiger partial charge in [0.15, 0.2) is 0 Å². The summed E-state index contributed by atoms with van der Waals surface area (Å²) in [6.07, 6.45) is 0.858. The Morgan fingerprint density at radius 3 is 2.27 bits per heavy atom. The van der Waals surface area contributed by atoms with Crippen molar-refractivity contribution in [2.24, 2.45) is 0 Å². The average Bonchev–Trinajstić information content (AvgIpc) is 2.65. The van der Waals surface area contributed by atoms with Crippen LogP contribution >= 0.6 is 0 Å². The van der Waals surface area contributed by atoms with Crippen molar-refractivity contribution in [3.63, 3.8) is 0 Å². The van der Waals surface area contributed by atoms with Crippen LogP contribution in [0.1, 0.15) is 41.0 Å². The van der Waals surface area contributed by atoms with Gasteiger partial charge in [0.25, 0.3) is 17.5 Å². The lowest BCUT2D eigenvalue weighted by Gasteiger charge is -2.13. The lowest BCUT2D eigenvalue weighted by atomic mass is 10.2.